The summed E-state index contributed by atoms with van der Waals surface area (Å²) >= 11 is 1.46. The van der Waals surface area contributed by atoms with E-state index in [9.17, 15) is 5.11 Å². The fraction of sp³-hybridized carbons (Fsp3) is 0.0909. The van der Waals surface area contributed by atoms with Crippen molar-refractivity contribution < 1.29 is 5.11 Å². The number of rotatable bonds is 2. The second kappa shape index (κ2) is 4.26. The Bertz CT molecular complexity index is 711. The molecule has 0 amide bonds. The summed E-state index contributed by atoms with van der Waals surface area (Å²) in [6.07, 6.45) is 5.16. The lowest BCUT2D eigenvalue weighted by Crippen LogP contribution is -1.96. The molecule has 0 fully saturated rings. The van der Waals surface area contributed by atoms with Crippen LogP contribution in [0, 0.1) is 0 Å². The van der Waals surface area contributed by atoms with Crippen molar-refractivity contribution in [1.82, 2.24) is 24.6 Å². The summed E-state index contributed by atoms with van der Waals surface area (Å²) in [6.45, 7) is 0. The number of nitrogens with zero attached hydrogens (tertiary/aromatic N) is 5. The van der Waals surface area contributed by atoms with E-state index in [1.807, 2.05) is 6.26 Å². The molecule has 90 valence electrons. The van der Waals surface area contributed by atoms with Crippen LogP contribution in [0.5, 0.6) is 5.88 Å². The predicted octanol–water partition coefficient (Wildman–Crippen LogP) is 1.61. The first-order chi connectivity index (χ1) is 8.78. The lowest BCUT2D eigenvalue weighted by atomic mass is 10.3. The highest BCUT2D eigenvalue weighted by Gasteiger charge is 2.08. The summed E-state index contributed by atoms with van der Waals surface area (Å²) in [4.78, 5) is 12.8. The fourth-order valence-electron chi connectivity index (χ4n) is 1.61. The number of thioether (sulfide) groups is 1. The lowest BCUT2D eigenvalue weighted by Gasteiger charge is -2.03. The van der Waals surface area contributed by atoms with Crippen LogP contribution in [0.25, 0.3) is 17.0 Å². The molecule has 3 aromatic heterocycles. The SMILES string of the molecule is CSc1nccc(-c2cc(O)n3nccc3n2)n1. The van der Waals surface area contributed by atoms with Crippen LogP contribution >= 0.6 is 11.8 Å². The molecular weight excluding hydrogens is 250 g/mol. The molecule has 0 aliphatic rings. The lowest BCUT2D eigenvalue weighted by molar-refractivity contribution is 0.435. The van der Waals surface area contributed by atoms with Gasteiger partial charge < -0.3 is 5.11 Å². The van der Waals surface area contributed by atoms with Crippen LogP contribution in [0.1, 0.15) is 0 Å². The molecule has 3 aromatic rings. The van der Waals surface area contributed by atoms with E-state index < -0.39 is 0 Å². The largest absolute Gasteiger partial charge is 0.493 e. The van der Waals surface area contributed by atoms with Gasteiger partial charge in [0.25, 0.3) is 0 Å². The van der Waals surface area contributed by atoms with Gasteiger partial charge in [-0.1, -0.05) is 11.8 Å². The van der Waals surface area contributed by atoms with E-state index in [0.29, 0.717) is 22.2 Å². The summed E-state index contributed by atoms with van der Waals surface area (Å²) < 4.78 is 1.36. The molecule has 3 rings (SSSR count). The van der Waals surface area contributed by atoms with Gasteiger partial charge in [0, 0.05) is 18.3 Å². The molecule has 0 aliphatic carbocycles. The molecule has 0 aliphatic heterocycles. The minimum absolute atomic E-state index is 0.0318. The van der Waals surface area contributed by atoms with Crippen LogP contribution in [0.4, 0.5) is 0 Å². The van der Waals surface area contributed by atoms with Crippen LogP contribution in [-0.2, 0) is 0 Å². The normalized spacial score (nSPS) is 10.9. The van der Waals surface area contributed by atoms with Crippen molar-refractivity contribution in [1.29, 1.82) is 0 Å². The summed E-state index contributed by atoms with van der Waals surface area (Å²) in [5, 5.41) is 14.5. The minimum Gasteiger partial charge on any atom is -0.493 e. The maximum Gasteiger partial charge on any atom is 0.216 e. The van der Waals surface area contributed by atoms with Crippen molar-refractivity contribution in [3.63, 3.8) is 0 Å². The Kier molecular flexibility index (Phi) is 2.60. The van der Waals surface area contributed by atoms with Crippen molar-refractivity contribution in [2.75, 3.05) is 6.26 Å². The molecule has 0 unspecified atom stereocenters. The Balaban J connectivity index is 2.18. The Hall–Kier alpha value is -2.15. The Morgan fingerprint density at radius 3 is 2.89 bits per heavy atom. The molecule has 0 saturated heterocycles. The molecule has 1 N–H and O–H groups in total. The molecule has 0 atom stereocenters. The summed E-state index contributed by atoms with van der Waals surface area (Å²) in [5.74, 6) is 0.0318. The zero-order valence-corrected chi connectivity index (χ0v) is 10.3. The van der Waals surface area contributed by atoms with Crippen LogP contribution in [0.3, 0.4) is 0 Å². The van der Waals surface area contributed by atoms with Gasteiger partial charge in [-0.25, -0.2) is 15.0 Å². The highest BCUT2D eigenvalue weighted by molar-refractivity contribution is 7.98. The zero-order valence-electron chi connectivity index (χ0n) is 9.48. The number of fused-ring (bicyclic) bond motifs is 1. The maximum absolute atomic E-state index is 9.84. The minimum atomic E-state index is 0.0318. The second-order valence-electron chi connectivity index (χ2n) is 3.53. The first kappa shape index (κ1) is 11.0. The highest BCUT2D eigenvalue weighted by atomic mass is 32.2. The van der Waals surface area contributed by atoms with Crippen molar-refractivity contribution in [2.24, 2.45) is 0 Å². The molecule has 0 radical (unpaired) electrons. The van der Waals surface area contributed by atoms with Crippen molar-refractivity contribution in [3.05, 3.63) is 30.6 Å². The van der Waals surface area contributed by atoms with Gasteiger partial charge in [-0.05, 0) is 12.3 Å². The third-order valence-corrected chi connectivity index (χ3v) is 2.98. The van der Waals surface area contributed by atoms with E-state index >= 15 is 0 Å². The first-order valence-corrected chi connectivity index (χ1v) is 6.41. The third-order valence-electron chi connectivity index (χ3n) is 2.42. The molecule has 3 heterocycles. The van der Waals surface area contributed by atoms with E-state index in [1.165, 1.54) is 22.3 Å². The first-order valence-electron chi connectivity index (χ1n) is 5.19. The number of aromatic hydroxyl groups is 1. The zero-order chi connectivity index (χ0) is 12.5. The highest BCUT2D eigenvalue weighted by Crippen LogP contribution is 2.21. The van der Waals surface area contributed by atoms with E-state index in [2.05, 4.69) is 20.1 Å². The molecule has 6 nitrogen and oxygen atoms in total. The topological polar surface area (TPSA) is 76.2 Å². The Morgan fingerprint density at radius 1 is 1.17 bits per heavy atom. The van der Waals surface area contributed by atoms with Crippen molar-refractivity contribution in [3.8, 4) is 17.3 Å². The summed E-state index contributed by atoms with van der Waals surface area (Å²) in [6, 6.07) is 5.01. The van der Waals surface area contributed by atoms with E-state index in [4.69, 9.17) is 0 Å². The van der Waals surface area contributed by atoms with Gasteiger partial charge in [0.2, 0.25) is 5.88 Å². The van der Waals surface area contributed by atoms with E-state index in [1.54, 1.807) is 24.5 Å². The van der Waals surface area contributed by atoms with Gasteiger partial charge in [-0.3, -0.25) is 0 Å². The van der Waals surface area contributed by atoms with Gasteiger partial charge in [0.15, 0.2) is 10.8 Å². The molecule has 0 aromatic carbocycles. The van der Waals surface area contributed by atoms with Crippen LogP contribution < -0.4 is 0 Å². The Labute approximate surface area is 107 Å². The Morgan fingerprint density at radius 2 is 2.06 bits per heavy atom. The van der Waals surface area contributed by atoms with Gasteiger partial charge in [-0.2, -0.15) is 9.61 Å². The monoisotopic (exact) mass is 259 g/mol. The molecule has 0 spiro atoms. The van der Waals surface area contributed by atoms with Gasteiger partial charge in [0.05, 0.1) is 17.6 Å². The van der Waals surface area contributed by atoms with E-state index in [0.717, 1.165) is 0 Å². The molecule has 0 bridgehead atoms. The van der Waals surface area contributed by atoms with E-state index in [-0.39, 0.29) is 5.88 Å². The quantitative estimate of drug-likeness (QED) is 0.556. The second-order valence-corrected chi connectivity index (χ2v) is 4.30. The van der Waals surface area contributed by atoms with Gasteiger partial charge in [-0.15, -0.1) is 0 Å². The summed E-state index contributed by atoms with van der Waals surface area (Å²) in [7, 11) is 0. The smallest absolute Gasteiger partial charge is 0.216 e. The van der Waals surface area contributed by atoms with Crippen LogP contribution in [0.15, 0.2) is 35.7 Å². The number of hydrogen-bond acceptors (Lipinski definition) is 6. The fourth-order valence-corrected chi connectivity index (χ4v) is 1.97. The molecule has 7 heteroatoms. The predicted molar refractivity (Wildman–Crippen MR) is 67.5 cm³/mol. The van der Waals surface area contributed by atoms with Gasteiger partial charge in [0.1, 0.15) is 0 Å². The average molecular weight is 259 g/mol. The van der Waals surface area contributed by atoms with Gasteiger partial charge >= 0.3 is 0 Å². The molecular formula is C11H9N5OS. The van der Waals surface area contributed by atoms with Crippen molar-refractivity contribution >= 4 is 17.4 Å². The molecule has 18 heavy (non-hydrogen) atoms. The average Bonchev–Trinajstić information content (AvgIpc) is 2.87. The van der Waals surface area contributed by atoms with Crippen LogP contribution in [0.2, 0.25) is 0 Å². The van der Waals surface area contributed by atoms with Crippen LogP contribution in [-0.4, -0.2) is 35.9 Å². The van der Waals surface area contributed by atoms with Crippen molar-refractivity contribution in [2.45, 2.75) is 5.16 Å². The standard InChI is InChI=1S/C11H9N5OS/c1-18-11-12-4-2-7(15-11)8-6-10(17)16-9(14-8)3-5-13-16/h2-6,17H,1H3. The molecule has 0 saturated carbocycles. The maximum atomic E-state index is 9.84. The number of aromatic nitrogens is 5. The number of hydrogen-bond donors (Lipinski definition) is 1. The third kappa shape index (κ3) is 1.78. The summed E-state index contributed by atoms with van der Waals surface area (Å²) in [5.41, 5.74) is 1.85.